The molecule has 1 unspecified atom stereocenters. The Hall–Kier alpha value is -0.610. The van der Waals surface area contributed by atoms with E-state index in [0.29, 0.717) is 0 Å². The summed E-state index contributed by atoms with van der Waals surface area (Å²) in [5.41, 5.74) is 3.12. The molecule has 4 heteroatoms. The number of rotatable bonds is 0. The van der Waals surface area contributed by atoms with Gasteiger partial charge in [0.1, 0.15) is 0 Å². The summed E-state index contributed by atoms with van der Waals surface area (Å²) in [5.74, 6) is 0. The van der Waals surface area contributed by atoms with Crippen molar-refractivity contribution in [3.63, 3.8) is 0 Å². The number of hydrogen-bond donors (Lipinski definition) is 3. The van der Waals surface area contributed by atoms with Crippen LogP contribution in [0.1, 0.15) is 6.42 Å². The van der Waals surface area contributed by atoms with Crippen molar-refractivity contribution in [1.82, 2.24) is 16.1 Å². The molecule has 0 aromatic rings. The minimum absolute atomic E-state index is 0.158. The summed E-state index contributed by atoms with van der Waals surface area (Å²) in [6.45, 7) is 2.92. The van der Waals surface area contributed by atoms with E-state index >= 15 is 0 Å². The maximum atomic E-state index is 4.00. The lowest BCUT2D eigenvalue weighted by molar-refractivity contribution is 0.339. The lowest BCUT2D eigenvalue weighted by Crippen LogP contribution is -2.58. The molecular weight excluding hydrogens is 128 g/mol. The van der Waals surface area contributed by atoms with Gasteiger partial charge in [-0.25, -0.2) is 0 Å². The molecule has 2 rings (SSSR count). The molecule has 0 amide bonds. The molecule has 10 heavy (non-hydrogen) atoms. The highest BCUT2D eigenvalue weighted by Crippen LogP contribution is 2.11. The van der Waals surface area contributed by atoms with Gasteiger partial charge >= 0.3 is 0 Å². The van der Waals surface area contributed by atoms with Crippen molar-refractivity contribution >= 4 is 6.21 Å². The van der Waals surface area contributed by atoms with E-state index in [9.17, 15) is 0 Å². The molecule has 0 aromatic carbocycles. The van der Waals surface area contributed by atoms with Crippen molar-refractivity contribution in [2.75, 3.05) is 19.8 Å². The Morgan fingerprint density at radius 3 is 3.10 bits per heavy atom. The first kappa shape index (κ1) is 6.12. The van der Waals surface area contributed by atoms with Crippen molar-refractivity contribution in [3.8, 4) is 0 Å². The largest absolute Gasteiger partial charge is 0.308 e. The van der Waals surface area contributed by atoms with Crippen molar-refractivity contribution in [1.29, 1.82) is 0 Å². The first-order valence-electron chi connectivity index (χ1n) is 3.64. The standard InChI is InChI=1S/C6H12N4/c1-2-7-5-8-6(1)3-9-10-4-6/h3,7-8,10H,1-2,4-5H2. The van der Waals surface area contributed by atoms with Gasteiger partial charge in [-0.05, 0) is 13.0 Å². The Morgan fingerprint density at radius 1 is 1.50 bits per heavy atom. The molecule has 0 aliphatic carbocycles. The van der Waals surface area contributed by atoms with Crippen LogP contribution in [-0.2, 0) is 0 Å². The molecule has 2 aliphatic rings. The zero-order valence-electron chi connectivity index (χ0n) is 5.85. The number of nitrogens with zero attached hydrogens (tertiary/aromatic N) is 1. The summed E-state index contributed by atoms with van der Waals surface area (Å²) in [7, 11) is 0. The SMILES string of the molecule is C1=NNCC12CCNCN2. The zero-order chi connectivity index (χ0) is 6.86. The smallest absolute Gasteiger partial charge is 0.0769 e. The Morgan fingerprint density at radius 2 is 2.50 bits per heavy atom. The Labute approximate surface area is 60.1 Å². The summed E-state index contributed by atoms with van der Waals surface area (Å²) in [4.78, 5) is 0. The van der Waals surface area contributed by atoms with Gasteiger partial charge in [0.25, 0.3) is 0 Å². The first-order chi connectivity index (χ1) is 4.91. The summed E-state index contributed by atoms with van der Waals surface area (Å²) >= 11 is 0. The third kappa shape index (κ3) is 0.892. The van der Waals surface area contributed by atoms with Gasteiger partial charge in [0, 0.05) is 12.9 Å². The van der Waals surface area contributed by atoms with E-state index in [1.54, 1.807) is 0 Å². The average molecular weight is 140 g/mol. The second kappa shape index (κ2) is 2.21. The highest BCUT2D eigenvalue weighted by Gasteiger charge is 2.32. The lowest BCUT2D eigenvalue weighted by Gasteiger charge is -2.31. The van der Waals surface area contributed by atoms with Crippen LogP contribution in [0.3, 0.4) is 0 Å². The van der Waals surface area contributed by atoms with Crippen LogP contribution in [0.4, 0.5) is 0 Å². The van der Waals surface area contributed by atoms with E-state index in [4.69, 9.17) is 0 Å². The Kier molecular flexibility index (Phi) is 1.35. The highest BCUT2D eigenvalue weighted by atomic mass is 15.3. The van der Waals surface area contributed by atoms with E-state index in [1.165, 1.54) is 0 Å². The quantitative estimate of drug-likeness (QED) is 0.398. The van der Waals surface area contributed by atoms with Gasteiger partial charge in [0.05, 0.1) is 12.1 Å². The van der Waals surface area contributed by atoms with E-state index < -0.39 is 0 Å². The summed E-state index contributed by atoms with van der Waals surface area (Å²) in [6, 6.07) is 0. The predicted molar refractivity (Wildman–Crippen MR) is 39.8 cm³/mol. The molecule has 56 valence electrons. The van der Waals surface area contributed by atoms with Gasteiger partial charge in [-0.15, -0.1) is 0 Å². The van der Waals surface area contributed by atoms with Crippen molar-refractivity contribution in [3.05, 3.63) is 0 Å². The second-order valence-corrected chi connectivity index (χ2v) is 2.85. The van der Waals surface area contributed by atoms with Gasteiger partial charge < -0.3 is 10.7 Å². The van der Waals surface area contributed by atoms with Crippen LogP contribution in [0.5, 0.6) is 0 Å². The molecule has 2 heterocycles. The normalized spacial score (nSPS) is 38.4. The molecule has 0 bridgehead atoms. The molecule has 3 N–H and O–H groups in total. The minimum atomic E-state index is 0.158. The summed E-state index contributed by atoms with van der Waals surface area (Å²) in [5, 5.41) is 10.6. The molecule has 1 atom stereocenters. The van der Waals surface area contributed by atoms with Crippen LogP contribution in [0.25, 0.3) is 0 Å². The first-order valence-corrected chi connectivity index (χ1v) is 3.64. The number of nitrogens with one attached hydrogen (secondary N) is 3. The number of hydrogen-bond acceptors (Lipinski definition) is 4. The average Bonchev–Trinajstić information content (AvgIpc) is 2.39. The fraction of sp³-hybridized carbons (Fsp3) is 0.833. The molecule has 4 nitrogen and oxygen atoms in total. The van der Waals surface area contributed by atoms with Crippen LogP contribution in [-0.4, -0.2) is 31.5 Å². The van der Waals surface area contributed by atoms with Crippen LogP contribution in [0.2, 0.25) is 0 Å². The highest BCUT2D eigenvalue weighted by molar-refractivity contribution is 5.72. The molecule has 0 radical (unpaired) electrons. The predicted octanol–water partition coefficient (Wildman–Crippen LogP) is -1.15. The topological polar surface area (TPSA) is 48.5 Å². The molecular formula is C6H12N4. The van der Waals surface area contributed by atoms with E-state index in [2.05, 4.69) is 21.2 Å². The third-order valence-electron chi connectivity index (χ3n) is 2.11. The fourth-order valence-electron chi connectivity index (χ4n) is 1.39. The van der Waals surface area contributed by atoms with Gasteiger partial charge in [-0.3, -0.25) is 5.32 Å². The maximum Gasteiger partial charge on any atom is 0.0769 e. The van der Waals surface area contributed by atoms with E-state index in [0.717, 1.165) is 26.2 Å². The Balaban J connectivity index is 2.05. The van der Waals surface area contributed by atoms with Crippen molar-refractivity contribution in [2.24, 2.45) is 5.10 Å². The molecule has 0 saturated carbocycles. The zero-order valence-corrected chi connectivity index (χ0v) is 5.85. The molecule has 2 aliphatic heterocycles. The summed E-state index contributed by atoms with van der Waals surface area (Å²) < 4.78 is 0. The third-order valence-corrected chi connectivity index (χ3v) is 2.11. The molecule has 1 saturated heterocycles. The number of hydrazone groups is 1. The Bertz CT molecular complexity index is 148. The maximum absolute atomic E-state index is 4.00. The molecule has 0 aromatic heterocycles. The monoisotopic (exact) mass is 140 g/mol. The van der Waals surface area contributed by atoms with Crippen LogP contribution in [0, 0.1) is 0 Å². The molecule has 1 fully saturated rings. The fourth-order valence-corrected chi connectivity index (χ4v) is 1.39. The van der Waals surface area contributed by atoms with Crippen molar-refractivity contribution in [2.45, 2.75) is 12.0 Å². The van der Waals surface area contributed by atoms with Gasteiger partial charge in [-0.2, -0.15) is 5.10 Å². The van der Waals surface area contributed by atoms with E-state index in [-0.39, 0.29) is 5.54 Å². The summed E-state index contributed by atoms with van der Waals surface area (Å²) in [6.07, 6.45) is 3.11. The van der Waals surface area contributed by atoms with Crippen molar-refractivity contribution < 1.29 is 0 Å². The molecule has 1 spiro atoms. The lowest BCUT2D eigenvalue weighted by atomic mass is 9.96. The van der Waals surface area contributed by atoms with E-state index in [1.807, 2.05) is 6.21 Å². The van der Waals surface area contributed by atoms with Crippen LogP contribution < -0.4 is 16.1 Å². The van der Waals surface area contributed by atoms with Gasteiger partial charge in [0.15, 0.2) is 0 Å². The van der Waals surface area contributed by atoms with Crippen LogP contribution in [0.15, 0.2) is 5.10 Å². The van der Waals surface area contributed by atoms with Crippen LogP contribution >= 0.6 is 0 Å². The minimum Gasteiger partial charge on any atom is -0.308 e. The second-order valence-electron chi connectivity index (χ2n) is 2.85. The van der Waals surface area contributed by atoms with Gasteiger partial charge in [0.2, 0.25) is 0 Å². The van der Waals surface area contributed by atoms with Gasteiger partial charge in [-0.1, -0.05) is 0 Å².